The minimum atomic E-state index is 0.666. The van der Waals surface area contributed by atoms with Crippen molar-refractivity contribution in [3.8, 4) is 73.1 Å². The number of pyridine rings is 1. The minimum absolute atomic E-state index is 0.666. The fourth-order valence-corrected chi connectivity index (χ4v) is 9.19. The first-order valence-corrected chi connectivity index (χ1v) is 21.4. The lowest BCUT2D eigenvalue weighted by Gasteiger charge is -2.17. The molecule has 3 aromatic heterocycles. The van der Waals surface area contributed by atoms with E-state index >= 15 is 0 Å². The molecular weight excluding hydrogens is 765 g/mol. The van der Waals surface area contributed by atoms with Gasteiger partial charge in [0.25, 0.3) is 0 Å². The molecule has 63 heavy (non-hydrogen) atoms. The molecule has 0 aliphatic carbocycles. The van der Waals surface area contributed by atoms with Crippen molar-refractivity contribution in [3.63, 3.8) is 0 Å². The highest BCUT2D eigenvalue weighted by atomic mass is 15.0. The number of hydrogen-bond donors (Lipinski definition) is 0. The Morgan fingerprint density at radius 2 is 0.794 bits per heavy atom. The van der Waals surface area contributed by atoms with Gasteiger partial charge in [-0.1, -0.05) is 188 Å². The number of benzene rings is 9. The predicted molar refractivity (Wildman–Crippen MR) is 262 cm³/mol. The van der Waals surface area contributed by atoms with Gasteiger partial charge in [-0.25, -0.2) is 15.0 Å². The molecule has 4 nitrogen and oxygen atoms in total. The molecule has 0 saturated carbocycles. The Hall–Kier alpha value is -8.47. The molecule has 0 radical (unpaired) electrons. The smallest absolute Gasteiger partial charge is 0.160 e. The predicted octanol–water partition coefficient (Wildman–Crippen LogP) is 15.3. The van der Waals surface area contributed by atoms with Crippen LogP contribution in [-0.2, 0) is 0 Å². The van der Waals surface area contributed by atoms with Crippen molar-refractivity contribution >= 4 is 43.5 Å². The lowest BCUT2D eigenvalue weighted by molar-refractivity contribution is 1.16. The van der Waals surface area contributed by atoms with E-state index in [1.165, 1.54) is 32.6 Å². The summed E-state index contributed by atoms with van der Waals surface area (Å²) < 4.78 is 2.35. The summed E-state index contributed by atoms with van der Waals surface area (Å²) in [4.78, 5) is 16.0. The summed E-state index contributed by atoms with van der Waals surface area (Å²) >= 11 is 0. The van der Waals surface area contributed by atoms with Gasteiger partial charge in [0.15, 0.2) is 5.82 Å². The van der Waals surface area contributed by atoms with E-state index in [9.17, 15) is 0 Å². The van der Waals surface area contributed by atoms with Gasteiger partial charge in [0.05, 0.1) is 33.6 Å². The van der Waals surface area contributed by atoms with E-state index in [1.807, 2.05) is 6.07 Å². The molecule has 0 amide bonds. The summed E-state index contributed by atoms with van der Waals surface area (Å²) in [7, 11) is 0. The van der Waals surface area contributed by atoms with Crippen LogP contribution in [0.25, 0.3) is 117 Å². The Balaban J connectivity index is 1.01. The zero-order valence-corrected chi connectivity index (χ0v) is 34.2. The Morgan fingerprint density at radius 1 is 0.302 bits per heavy atom. The maximum absolute atomic E-state index is 5.46. The van der Waals surface area contributed by atoms with Crippen LogP contribution in [0.15, 0.2) is 231 Å². The fourth-order valence-electron chi connectivity index (χ4n) is 9.19. The molecular formula is C59H38N4. The van der Waals surface area contributed by atoms with E-state index < -0.39 is 0 Å². The van der Waals surface area contributed by atoms with Crippen LogP contribution in [0.5, 0.6) is 0 Å². The lowest BCUT2D eigenvalue weighted by Crippen LogP contribution is -1.98. The van der Waals surface area contributed by atoms with E-state index in [1.54, 1.807) is 0 Å². The summed E-state index contributed by atoms with van der Waals surface area (Å²) in [6, 6.07) is 81.5. The number of rotatable bonds is 7. The van der Waals surface area contributed by atoms with Crippen LogP contribution in [0.1, 0.15) is 0 Å². The molecule has 0 fully saturated rings. The number of hydrogen-bond acceptors (Lipinski definition) is 3. The maximum Gasteiger partial charge on any atom is 0.160 e. The molecule has 0 unspecified atom stereocenters. The Kier molecular flexibility index (Phi) is 8.79. The van der Waals surface area contributed by atoms with E-state index in [0.29, 0.717) is 5.82 Å². The van der Waals surface area contributed by atoms with Gasteiger partial charge >= 0.3 is 0 Å². The molecule has 12 rings (SSSR count). The van der Waals surface area contributed by atoms with Gasteiger partial charge < -0.3 is 4.57 Å². The van der Waals surface area contributed by atoms with Gasteiger partial charge in [-0.15, -0.1) is 0 Å². The van der Waals surface area contributed by atoms with Crippen LogP contribution in [0, 0.1) is 0 Å². The summed E-state index contributed by atoms with van der Waals surface area (Å²) in [6.45, 7) is 0. The summed E-state index contributed by atoms with van der Waals surface area (Å²) in [5.41, 5.74) is 15.6. The highest BCUT2D eigenvalue weighted by Crippen LogP contribution is 2.42. The molecule has 0 atom stereocenters. The average Bonchev–Trinajstić information content (AvgIpc) is 3.71. The Morgan fingerprint density at radius 3 is 1.44 bits per heavy atom. The van der Waals surface area contributed by atoms with Gasteiger partial charge in [0.1, 0.15) is 0 Å². The van der Waals surface area contributed by atoms with E-state index in [4.69, 9.17) is 15.0 Å². The monoisotopic (exact) mass is 802 g/mol. The molecule has 4 heteroatoms. The molecule has 3 heterocycles. The van der Waals surface area contributed by atoms with Crippen molar-refractivity contribution in [3.05, 3.63) is 231 Å². The molecule has 294 valence electrons. The normalized spacial score (nSPS) is 11.5. The lowest BCUT2D eigenvalue weighted by atomic mass is 9.90. The third-order valence-corrected chi connectivity index (χ3v) is 12.2. The van der Waals surface area contributed by atoms with Crippen LogP contribution < -0.4 is 0 Å². The number of fused-ring (bicyclic) bond motifs is 6. The van der Waals surface area contributed by atoms with Crippen molar-refractivity contribution in [1.82, 2.24) is 19.5 Å². The topological polar surface area (TPSA) is 43.6 Å². The van der Waals surface area contributed by atoms with Crippen molar-refractivity contribution in [2.75, 3.05) is 0 Å². The first kappa shape index (κ1) is 36.4. The summed E-state index contributed by atoms with van der Waals surface area (Å²) in [5, 5.41) is 5.96. The quantitative estimate of drug-likeness (QED) is 0.151. The van der Waals surface area contributed by atoms with Crippen LogP contribution >= 0.6 is 0 Å². The molecule has 0 spiro atoms. The average molecular weight is 803 g/mol. The number of aromatic nitrogens is 4. The van der Waals surface area contributed by atoms with E-state index in [0.717, 1.165) is 78.2 Å². The maximum atomic E-state index is 5.46. The second-order valence-corrected chi connectivity index (χ2v) is 16.0. The molecule has 0 aliphatic rings. The molecule has 0 saturated heterocycles. The molecule has 0 N–H and O–H groups in total. The Bertz CT molecular complexity index is 3600. The van der Waals surface area contributed by atoms with Gasteiger partial charge in [-0.05, 0) is 69.9 Å². The highest BCUT2D eigenvalue weighted by Gasteiger charge is 2.19. The largest absolute Gasteiger partial charge is 0.309 e. The van der Waals surface area contributed by atoms with Crippen molar-refractivity contribution in [2.45, 2.75) is 0 Å². The van der Waals surface area contributed by atoms with Crippen LogP contribution in [0.3, 0.4) is 0 Å². The zero-order chi connectivity index (χ0) is 41.7. The third-order valence-electron chi connectivity index (χ3n) is 12.2. The standard InChI is InChI=1S/C59H38N4/c1-4-17-39(18-5-1)50-37-52(41-19-6-2-7-20-41)60-58-51(36-44-23-10-11-26-47(44)57(50)58)40-31-33-43(34-32-40)59-61-53(42-21-8-3-9-22-42)38-54(62-59)45-24-16-25-46(35-45)63-55-29-14-12-27-48(55)49-28-13-15-30-56(49)63/h1-38H. The number of para-hydroxylation sites is 2. The molecule has 0 aliphatic heterocycles. The minimum Gasteiger partial charge on any atom is -0.309 e. The van der Waals surface area contributed by atoms with Crippen molar-refractivity contribution in [2.24, 2.45) is 0 Å². The first-order valence-electron chi connectivity index (χ1n) is 21.4. The van der Waals surface area contributed by atoms with Crippen LogP contribution in [0.4, 0.5) is 0 Å². The van der Waals surface area contributed by atoms with Gasteiger partial charge in [-0.2, -0.15) is 0 Å². The molecule has 9 aromatic carbocycles. The molecule has 0 bridgehead atoms. The zero-order valence-electron chi connectivity index (χ0n) is 34.2. The van der Waals surface area contributed by atoms with E-state index in [-0.39, 0.29) is 0 Å². The van der Waals surface area contributed by atoms with Crippen LogP contribution in [-0.4, -0.2) is 19.5 Å². The van der Waals surface area contributed by atoms with Crippen LogP contribution in [0.2, 0.25) is 0 Å². The third kappa shape index (κ3) is 6.44. The van der Waals surface area contributed by atoms with Crippen molar-refractivity contribution < 1.29 is 0 Å². The fraction of sp³-hybridized carbons (Fsp3) is 0. The van der Waals surface area contributed by atoms with E-state index in [2.05, 4.69) is 229 Å². The van der Waals surface area contributed by atoms with Gasteiger partial charge in [-0.3, -0.25) is 0 Å². The SMILES string of the molecule is c1ccc(-c2cc(-c3cccc(-n4c5ccccc5c5ccccc54)c3)nc(-c3ccc(-c4cc5ccccc5c5c(-c6ccccc6)cc(-c6ccccc6)nc45)cc3)n2)cc1. The van der Waals surface area contributed by atoms with Gasteiger partial charge in [0, 0.05) is 49.7 Å². The molecule has 12 aromatic rings. The summed E-state index contributed by atoms with van der Waals surface area (Å²) in [6.07, 6.45) is 0. The highest BCUT2D eigenvalue weighted by molar-refractivity contribution is 6.18. The van der Waals surface area contributed by atoms with Crippen molar-refractivity contribution in [1.29, 1.82) is 0 Å². The number of nitrogens with zero attached hydrogens (tertiary/aromatic N) is 4. The summed E-state index contributed by atoms with van der Waals surface area (Å²) in [5.74, 6) is 0.666. The second-order valence-electron chi connectivity index (χ2n) is 16.0. The van der Waals surface area contributed by atoms with Gasteiger partial charge in [0.2, 0.25) is 0 Å². The second kappa shape index (κ2) is 15.2. The first-order chi connectivity index (χ1) is 31.2. The Labute approximate surface area is 365 Å².